The molecule has 1 aromatic carbocycles. The maximum Gasteiger partial charge on any atom is 0.123 e. The summed E-state index contributed by atoms with van der Waals surface area (Å²) in [6, 6.07) is 7.85. The van der Waals surface area contributed by atoms with Crippen LogP contribution >= 0.6 is 0 Å². The van der Waals surface area contributed by atoms with Crippen molar-refractivity contribution in [1.82, 2.24) is 10.2 Å². The molecule has 3 rings (SSSR count). The Morgan fingerprint density at radius 2 is 1.86 bits per heavy atom. The van der Waals surface area contributed by atoms with Gasteiger partial charge in [-0.05, 0) is 62.4 Å². The van der Waals surface area contributed by atoms with Crippen LogP contribution in [-0.2, 0) is 6.54 Å². The molecule has 0 spiro atoms. The van der Waals surface area contributed by atoms with Gasteiger partial charge < -0.3 is 5.32 Å². The van der Waals surface area contributed by atoms with Crippen LogP contribution in [0.2, 0.25) is 0 Å². The van der Waals surface area contributed by atoms with E-state index in [0.29, 0.717) is 6.04 Å². The number of hydrogen-bond acceptors (Lipinski definition) is 2. The number of nitrogens with zero attached hydrogens (tertiary/aromatic N) is 1. The average Bonchev–Trinajstić information content (AvgIpc) is 3.02. The van der Waals surface area contributed by atoms with Crippen LogP contribution in [0.4, 0.5) is 4.39 Å². The first kappa shape index (κ1) is 15.0. The van der Waals surface area contributed by atoms with Gasteiger partial charge in [-0.1, -0.05) is 25.0 Å². The highest BCUT2D eigenvalue weighted by Gasteiger charge is 2.25. The molecule has 116 valence electrons. The van der Waals surface area contributed by atoms with Crippen LogP contribution in [0.3, 0.4) is 0 Å². The smallest absolute Gasteiger partial charge is 0.123 e. The molecular formula is C18H27FN2. The first-order valence-corrected chi connectivity index (χ1v) is 8.50. The molecule has 0 unspecified atom stereocenters. The Morgan fingerprint density at radius 3 is 2.57 bits per heavy atom. The van der Waals surface area contributed by atoms with Crippen LogP contribution in [-0.4, -0.2) is 30.6 Å². The van der Waals surface area contributed by atoms with Crippen LogP contribution in [0, 0.1) is 11.7 Å². The molecule has 1 heterocycles. The third kappa shape index (κ3) is 4.27. The maximum atomic E-state index is 13.4. The zero-order valence-electron chi connectivity index (χ0n) is 12.9. The summed E-state index contributed by atoms with van der Waals surface area (Å²) in [5.41, 5.74) is 1.12. The molecule has 0 radical (unpaired) electrons. The van der Waals surface area contributed by atoms with Gasteiger partial charge in [0.25, 0.3) is 0 Å². The summed E-state index contributed by atoms with van der Waals surface area (Å²) in [6.45, 7) is 4.40. The number of piperidine rings is 1. The number of nitrogens with one attached hydrogen (secondary N) is 1. The molecule has 21 heavy (non-hydrogen) atoms. The third-order valence-electron chi connectivity index (χ3n) is 5.07. The molecule has 0 amide bonds. The fourth-order valence-corrected chi connectivity index (χ4v) is 3.88. The molecule has 0 atom stereocenters. The van der Waals surface area contributed by atoms with Crippen molar-refractivity contribution in [2.75, 3.05) is 19.6 Å². The zero-order valence-corrected chi connectivity index (χ0v) is 12.9. The van der Waals surface area contributed by atoms with E-state index in [-0.39, 0.29) is 5.82 Å². The number of benzene rings is 1. The molecule has 0 bridgehead atoms. The lowest BCUT2D eigenvalue weighted by molar-refractivity contribution is 0.145. The lowest BCUT2D eigenvalue weighted by Crippen LogP contribution is -2.40. The molecule has 1 aliphatic heterocycles. The number of halogens is 1. The highest BCUT2D eigenvalue weighted by atomic mass is 19.1. The van der Waals surface area contributed by atoms with E-state index in [1.54, 1.807) is 6.07 Å². The topological polar surface area (TPSA) is 15.3 Å². The van der Waals surface area contributed by atoms with E-state index in [0.717, 1.165) is 31.1 Å². The molecule has 2 nitrogen and oxygen atoms in total. The molecule has 1 aromatic rings. The molecule has 1 aliphatic carbocycles. The van der Waals surface area contributed by atoms with Crippen molar-refractivity contribution in [1.29, 1.82) is 0 Å². The van der Waals surface area contributed by atoms with Gasteiger partial charge in [0.1, 0.15) is 5.82 Å². The zero-order chi connectivity index (χ0) is 14.5. The van der Waals surface area contributed by atoms with Gasteiger partial charge in [-0.15, -0.1) is 0 Å². The molecule has 3 heteroatoms. The molecule has 2 fully saturated rings. The molecule has 0 aromatic heterocycles. The van der Waals surface area contributed by atoms with Crippen LogP contribution in [0.5, 0.6) is 0 Å². The summed E-state index contributed by atoms with van der Waals surface area (Å²) in [7, 11) is 0. The summed E-state index contributed by atoms with van der Waals surface area (Å²) in [6.07, 6.45) is 7.92. The number of hydrogen-bond donors (Lipinski definition) is 1. The van der Waals surface area contributed by atoms with E-state index in [1.165, 1.54) is 51.1 Å². The normalized spacial score (nSPS) is 21.2. The van der Waals surface area contributed by atoms with Gasteiger partial charge >= 0.3 is 0 Å². The minimum Gasteiger partial charge on any atom is -0.317 e. The van der Waals surface area contributed by atoms with E-state index in [9.17, 15) is 4.39 Å². The minimum absolute atomic E-state index is 0.110. The van der Waals surface area contributed by atoms with Crippen LogP contribution in [0.15, 0.2) is 24.3 Å². The van der Waals surface area contributed by atoms with Crippen molar-refractivity contribution in [3.63, 3.8) is 0 Å². The Hall–Kier alpha value is -0.930. The summed E-state index contributed by atoms with van der Waals surface area (Å²) in [4.78, 5) is 2.64. The van der Waals surface area contributed by atoms with Gasteiger partial charge in [0.2, 0.25) is 0 Å². The Bertz CT molecular complexity index is 437. The van der Waals surface area contributed by atoms with Crippen LogP contribution in [0.1, 0.15) is 44.1 Å². The Kier molecular flexibility index (Phi) is 5.26. The van der Waals surface area contributed by atoms with E-state index in [4.69, 9.17) is 0 Å². The van der Waals surface area contributed by atoms with Crippen molar-refractivity contribution < 1.29 is 4.39 Å². The summed E-state index contributed by atoms with van der Waals surface area (Å²) in [5, 5.41) is 3.45. The standard InChI is InChI=1S/C18H27FN2/c19-17-5-3-4-16(12-17)14-21(18-6-1-2-7-18)13-15-8-10-20-11-9-15/h3-5,12,15,18,20H,1-2,6-11,13-14H2. The van der Waals surface area contributed by atoms with Crippen molar-refractivity contribution in [2.45, 2.75) is 51.1 Å². The van der Waals surface area contributed by atoms with Crippen LogP contribution in [0.25, 0.3) is 0 Å². The Labute approximate surface area is 127 Å². The summed E-state index contributed by atoms with van der Waals surface area (Å²) >= 11 is 0. The first-order chi connectivity index (χ1) is 10.3. The SMILES string of the molecule is Fc1cccc(CN(CC2CCNCC2)C2CCCC2)c1. The van der Waals surface area contributed by atoms with E-state index in [2.05, 4.69) is 16.3 Å². The molecule has 1 saturated heterocycles. The quantitative estimate of drug-likeness (QED) is 0.892. The van der Waals surface area contributed by atoms with Crippen molar-refractivity contribution in [3.8, 4) is 0 Å². The second-order valence-electron chi connectivity index (χ2n) is 6.69. The minimum atomic E-state index is -0.110. The Morgan fingerprint density at radius 1 is 1.10 bits per heavy atom. The predicted octanol–water partition coefficient (Wildman–Crippen LogP) is 3.57. The van der Waals surface area contributed by atoms with Gasteiger partial charge in [-0.3, -0.25) is 4.90 Å². The van der Waals surface area contributed by atoms with Gasteiger partial charge in [-0.25, -0.2) is 4.39 Å². The molecular weight excluding hydrogens is 263 g/mol. The number of rotatable bonds is 5. The highest BCUT2D eigenvalue weighted by molar-refractivity contribution is 5.16. The van der Waals surface area contributed by atoms with E-state index in [1.807, 2.05) is 6.07 Å². The molecule has 1 saturated carbocycles. The van der Waals surface area contributed by atoms with Gasteiger partial charge in [0, 0.05) is 19.1 Å². The highest BCUT2D eigenvalue weighted by Crippen LogP contribution is 2.27. The van der Waals surface area contributed by atoms with Crippen molar-refractivity contribution >= 4 is 0 Å². The fourth-order valence-electron chi connectivity index (χ4n) is 3.88. The predicted molar refractivity (Wildman–Crippen MR) is 84.7 cm³/mol. The van der Waals surface area contributed by atoms with Gasteiger partial charge in [0.05, 0.1) is 0 Å². The summed E-state index contributed by atoms with van der Waals surface area (Å²) < 4.78 is 13.4. The molecule has 1 N–H and O–H groups in total. The van der Waals surface area contributed by atoms with E-state index >= 15 is 0 Å². The second-order valence-corrected chi connectivity index (χ2v) is 6.69. The van der Waals surface area contributed by atoms with Crippen LogP contribution < -0.4 is 5.32 Å². The van der Waals surface area contributed by atoms with Gasteiger partial charge in [0.15, 0.2) is 0 Å². The summed E-state index contributed by atoms with van der Waals surface area (Å²) in [5.74, 6) is 0.696. The third-order valence-corrected chi connectivity index (χ3v) is 5.07. The monoisotopic (exact) mass is 290 g/mol. The van der Waals surface area contributed by atoms with Gasteiger partial charge in [-0.2, -0.15) is 0 Å². The Balaban J connectivity index is 1.66. The first-order valence-electron chi connectivity index (χ1n) is 8.50. The maximum absolute atomic E-state index is 13.4. The second kappa shape index (κ2) is 7.37. The molecule has 2 aliphatic rings. The van der Waals surface area contributed by atoms with Crippen molar-refractivity contribution in [2.24, 2.45) is 5.92 Å². The lowest BCUT2D eigenvalue weighted by atomic mass is 9.96. The lowest BCUT2D eigenvalue weighted by Gasteiger charge is -2.34. The largest absolute Gasteiger partial charge is 0.317 e. The fraction of sp³-hybridized carbons (Fsp3) is 0.667. The average molecular weight is 290 g/mol. The van der Waals surface area contributed by atoms with E-state index < -0.39 is 0 Å². The van der Waals surface area contributed by atoms with Crippen molar-refractivity contribution in [3.05, 3.63) is 35.6 Å².